The molecule has 0 heterocycles. The van der Waals surface area contributed by atoms with Gasteiger partial charge in [0, 0.05) is 9.79 Å². The van der Waals surface area contributed by atoms with Crippen LogP contribution in [0.15, 0.2) is 70.5 Å². The highest BCUT2D eigenvalue weighted by Crippen LogP contribution is 2.66. The zero-order valence-corrected chi connectivity index (χ0v) is 19.8. The first-order chi connectivity index (χ1) is 13.9. The second kappa shape index (κ2) is 16.3. The number of hydrogen-bond acceptors (Lipinski definition) is 3. The Morgan fingerprint density at radius 1 is 0.607 bits per heavy atom. The molecule has 28 heavy (non-hydrogen) atoms. The van der Waals surface area contributed by atoms with Crippen LogP contribution in [-0.2, 0) is 4.52 Å². The normalized spacial score (nSPS) is 11.2. The minimum Gasteiger partial charge on any atom is -0.339 e. The van der Waals surface area contributed by atoms with Crippen LogP contribution in [0, 0.1) is 0 Å². The zero-order valence-electron chi connectivity index (χ0n) is 17.2. The summed E-state index contributed by atoms with van der Waals surface area (Å²) in [6.07, 6.45) is 13.6. The van der Waals surface area contributed by atoms with Crippen molar-refractivity contribution in [1.82, 2.24) is 0 Å². The Labute approximate surface area is 181 Å². The van der Waals surface area contributed by atoms with E-state index >= 15 is 0 Å². The van der Waals surface area contributed by atoms with Crippen molar-refractivity contribution in [3.63, 3.8) is 0 Å². The maximum Gasteiger partial charge on any atom is 0.161 e. The third-order valence-corrected chi connectivity index (χ3v) is 10.3. The lowest BCUT2D eigenvalue weighted by atomic mass is 10.1. The van der Waals surface area contributed by atoms with Crippen LogP contribution in [0.2, 0.25) is 0 Å². The summed E-state index contributed by atoms with van der Waals surface area (Å²) in [5.74, 6) is 0. The summed E-state index contributed by atoms with van der Waals surface area (Å²) in [5.41, 5.74) is 0. The van der Waals surface area contributed by atoms with Gasteiger partial charge in [-0.2, -0.15) is 0 Å². The Hall–Kier alpha value is -0.470. The molecular weight excluding hydrogens is 399 g/mol. The number of benzene rings is 2. The van der Waals surface area contributed by atoms with E-state index in [0.717, 1.165) is 6.61 Å². The van der Waals surface area contributed by atoms with Crippen LogP contribution in [0.5, 0.6) is 0 Å². The third kappa shape index (κ3) is 11.5. The van der Waals surface area contributed by atoms with Crippen LogP contribution in [0.3, 0.4) is 0 Å². The molecule has 0 aromatic heterocycles. The first-order valence-corrected chi connectivity index (χ1v) is 14.9. The van der Waals surface area contributed by atoms with Crippen molar-refractivity contribution >= 4 is 29.3 Å². The molecule has 0 saturated heterocycles. The average Bonchev–Trinajstić information content (AvgIpc) is 2.73. The Morgan fingerprint density at radius 3 is 1.50 bits per heavy atom. The van der Waals surface area contributed by atoms with Gasteiger partial charge in [0.05, 0.1) is 6.61 Å². The van der Waals surface area contributed by atoms with Gasteiger partial charge in [0.1, 0.15) is 0 Å². The lowest BCUT2D eigenvalue weighted by Crippen LogP contribution is -1.88. The Bertz CT molecular complexity index is 553. The summed E-state index contributed by atoms with van der Waals surface area (Å²) in [7, 11) is 0. The highest BCUT2D eigenvalue weighted by molar-refractivity contribution is 8.86. The largest absolute Gasteiger partial charge is 0.339 e. The molecule has 0 aliphatic rings. The average molecular weight is 435 g/mol. The Kier molecular flexibility index (Phi) is 13.9. The SMILES string of the molecule is CCCCCCCCCCCCOP(Sc1ccccc1)Sc1ccccc1. The highest BCUT2D eigenvalue weighted by atomic mass is 33.1. The minimum absolute atomic E-state index is 0.616. The summed E-state index contributed by atoms with van der Waals surface area (Å²) in [5, 5.41) is 0. The van der Waals surface area contributed by atoms with E-state index in [9.17, 15) is 0 Å². The van der Waals surface area contributed by atoms with E-state index in [2.05, 4.69) is 67.6 Å². The van der Waals surface area contributed by atoms with Gasteiger partial charge < -0.3 is 4.52 Å². The van der Waals surface area contributed by atoms with Gasteiger partial charge in [-0.1, -0.05) is 124 Å². The molecular formula is C24H35OPS2. The van der Waals surface area contributed by atoms with Crippen molar-refractivity contribution in [3.05, 3.63) is 60.7 Å². The van der Waals surface area contributed by atoms with E-state index in [1.807, 2.05) is 22.8 Å². The molecule has 0 fully saturated rings. The monoisotopic (exact) mass is 434 g/mol. The summed E-state index contributed by atoms with van der Waals surface area (Å²) in [6.45, 7) is 2.54. The molecule has 0 amide bonds. The van der Waals surface area contributed by atoms with Gasteiger partial charge in [-0.15, -0.1) is 0 Å². The standard InChI is InChI=1S/C24H35OPS2/c1-2-3-4-5-6-7-8-9-10-17-22-25-26(27-23-18-13-11-14-19-23)28-24-20-15-12-16-21-24/h11-16,18-21H,2-10,17,22H2,1H3. The van der Waals surface area contributed by atoms with Gasteiger partial charge in [0.15, 0.2) is 6.55 Å². The summed E-state index contributed by atoms with van der Waals surface area (Å²) in [6, 6.07) is 21.3. The van der Waals surface area contributed by atoms with Gasteiger partial charge in [-0.3, -0.25) is 0 Å². The van der Waals surface area contributed by atoms with Gasteiger partial charge in [0.25, 0.3) is 0 Å². The fourth-order valence-electron chi connectivity index (χ4n) is 2.93. The Balaban J connectivity index is 1.62. The van der Waals surface area contributed by atoms with E-state index in [4.69, 9.17) is 4.52 Å². The predicted molar refractivity (Wildman–Crippen MR) is 129 cm³/mol. The van der Waals surface area contributed by atoms with E-state index in [1.54, 1.807) is 0 Å². The van der Waals surface area contributed by atoms with Crippen molar-refractivity contribution in [2.24, 2.45) is 0 Å². The van der Waals surface area contributed by atoms with Gasteiger partial charge in [-0.25, -0.2) is 0 Å². The van der Waals surface area contributed by atoms with Crippen LogP contribution in [0.25, 0.3) is 0 Å². The molecule has 0 aliphatic heterocycles. The first kappa shape index (κ1) is 23.8. The molecule has 0 aliphatic carbocycles. The van der Waals surface area contributed by atoms with Crippen LogP contribution in [-0.4, -0.2) is 6.61 Å². The van der Waals surface area contributed by atoms with Gasteiger partial charge >= 0.3 is 0 Å². The molecule has 4 heteroatoms. The molecule has 1 nitrogen and oxygen atoms in total. The fourth-order valence-corrected chi connectivity index (χ4v) is 8.78. The molecule has 0 bridgehead atoms. The highest BCUT2D eigenvalue weighted by Gasteiger charge is 2.13. The molecule has 0 N–H and O–H groups in total. The van der Waals surface area contributed by atoms with Crippen LogP contribution >= 0.6 is 29.3 Å². The van der Waals surface area contributed by atoms with E-state index < -0.39 is 6.55 Å². The lowest BCUT2D eigenvalue weighted by molar-refractivity contribution is 0.348. The maximum absolute atomic E-state index is 6.31. The first-order valence-electron chi connectivity index (χ1n) is 10.8. The topological polar surface area (TPSA) is 9.23 Å². The maximum atomic E-state index is 6.31. The van der Waals surface area contributed by atoms with Crippen molar-refractivity contribution in [2.75, 3.05) is 6.61 Å². The van der Waals surface area contributed by atoms with Crippen LogP contribution in [0.1, 0.15) is 71.1 Å². The van der Waals surface area contributed by atoms with Crippen LogP contribution in [0.4, 0.5) is 0 Å². The lowest BCUT2D eigenvalue weighted by Gasteiger charge is -2.16. The molecule has 0 unspecified atom stereocenters. The number of hydrogen-bond donors (Lipinski definition) is 0. The predicted octanol–water partition coefficient (Wildman–Crippen LogP) is 9.74. The van der Waals surface area contributed by atoms with Gasteiger partial charge in [-0.05, 0) is 30.7 Å². The van der Waals surface area contributed by atoms with Crippen molar-refractivity contribution < 1.29 is 4.52 Å². The molecule has 0 atom stereocenters. The van der Waals surface area contributed by atoms with Crippen LogP contribution < -0.4 is 0 Å². The molecule has 154 valence electrons. The summed E-state index contributed by atoms with van der Waals surface area (Å²) >= 11 is 3.74. The third-order valence-electron chi connectivity index (χ3n) is 4.54. The second-order valence-corrected chi connectivity index (χ2v) is 12.8. The Morgan fingerprint density at radius 2 is 1.04 bits per heavy atom. The zero-order chi connectivity index (χ0) is 19.7. The molecule has 2 rings (SSSR count). The smallest absolute Gasteiger partial charge is 0.161 e. The number of unbranched alkanes of at least 4 members (excludes halogenated alkanes) is 9. The second-order valence-electron chi connectivity index (χ2n) is 7.05. The molecule has 0 radical (unpaired) electrons. The minimum atomic E-state index is -0.616. The summed E-state index contributed by atoms with van der Waals surface area (Å²) in [4.78, 5) is 2.58. The van der Waals surface area contributed by atoms with Crippen molar-refractivity contribution in [2.45, 2.75) is 80.9 Å². The van der Waals surface area contributed by atoms with Gasteiger partial charge in [0.2, 0.25) is 0 Å². The molecule has 0 saturated carbocycles. The van der Waals surface area contributed by atoms with E-state index in [0.29, 0.717) is 0 Å². The van der Waals surface area contributed by atoms with Crippen molar-refractivity contribution in [1.29, 1.82) is 0 Å². The quantitative estimate of drug-likeness (QED) is 0.192. The van der Waals surface area contributed by atoms with E-state index in [-0.39, 0.29) is 0 Å². The van der Waals surface area contributed by atoms with E-state index in [1.165, 1.54) is 74.0 Å². The molecule has 2 aromatic carbocycles. The summed E-state index contributed by atoms with van der Waals surface area (Å²) < 4.78 is 6.31. The fraction of sp³-hybridized carbons (Fsp3) is 0.500. The van der Waals surface area contributed by atoms with Crippen molar-refractivity contribution in [3.8, 4) is 0 Å². The molecule has 0 spiro atoms. The molecule has 2 aromatic rings. The number of rotatable bonds is 16.